The molecule has 2 heterocycles. The third kappa shape index (κ3) is 2.84. The monoisotopic (exact) mass is 182 g/mol. The predicted octanol–water partition coefficient (Wildman–Crippen LogP) is 2.61. The minimum atomic E-state index is 0.193. The normalized spacial score (nSPS) is 21.8. The van der Waals surface area contributed by atoms with Gasteiger partial charge in [0, 0.05) is 19.0 Å². The van der Waals surface area contributed by atoms with Crippen molar-refractivity contribution in [1.82, 2.24) is 9.78 Å². The summed E-state index contributed by atoms with van der Waals surface area (Å²) in [5, 5.41) is 4.13. The van der Waals surface area contributed by atoms with E-state index in [9.17, 15) is 0 Å². The lowest BCUT2D eigenvalue weighted by molar-refractivity contribution is -0.0394. The van der Waals surface area contributed by atoms with E-state index in [1.54, 1.807) is 6.20 Å². The summed E-state index contributed by atoms with van der Waals surface area (Å²) in [7, 11) is 0. The van der Waals surface area contributed by atoms with Gasteiger partial charge in [-0.15, -0.1) is 0 Å². The minimum absolute atomic E-state index is 0.193. The fourth-order valence-electron chi connectivity index (χ4n) is 1.38. The quantitative estimate of drug-likeness (QED) is 0.667. The van der Waals surface area contributed by atoms with Gasteiger partial charge in [0.25, 0.3) is 0 Å². The van der Waals surface area contributed by atoms with Crippen molar-refractivity contribution in [2.45, 2.75) is 39.3 Å². The summed E-state index contributed by atoms with van der Waals surface area (Å²) in [5.41, 5.74) is 0. The second-order valence-electron chi connectivity index (χ2n) is 2.81. The molecule has 0 bridgehead atoms. The summed E-state index contributed by atoms with van der Waals surface area (Å²) >= 11 is 0. The molecule has 1 aliphatic rings. The first-order chi connectivity index (χ1) is 6.47. The molecule has 0 aromatic carbocycles. The van der Waals surface area contributed by atoms with Crippen molar-refractivity contribution in [1.29, 1.82) is 0 Å². The van der Waals surface area contributed by atoms with Crippen molar-refractivity contribution in [2.75, 3.05) is 6.61 Å². The van der Waals surface area contributed by atoms with Crippen LogP contribution in [0.25, 0.3) is 0 Å². The van der Waals surface area contributed by atoms with Crippen LogP contribution in [0.4, 0.5) is 0 Å². The number of ether oxygens (including phenoxy) is 1. The largest absolute Gasteiger partial charge is 0.357 e. The van der Waals surface area contributed by atoms with E-state index < -0.39 is 0 Å². The fraction of sp³-hybridized carbons (Fsp3) is 0.700. The van der Waals surface area contributed by atoms with Crippen molar-refractivity contribution in [3.8, 4) is 0 Å². The fourth-order valence-corrected chi connectivity index (χ4v) is 1.38. The lowest BCUT2D eigenvalue weighted by Gasteiger charge is -2.22. The number of aromatic nitrogens is 2. The van der Waals surface area contributed by atoms with Crippen molar-refractivity contribution in [3.05, 3.63) is 18.5 Å². The summed E-state index contributed by atoms with van der Waals surface area (Å²) in [4.78, 5) is 0. The van der Waals surface area contributed by atoms with Gasteiger partial charge in [-0.1, -0.05) is 13.8 Å². The average Bonchev–Trinajstić information content (AvgIpc) is 2.75. The molecule has 0 N–H and O–H groups in total. The standard InChI is InChI=1S/C8H12N2O.C2H6/c1-2-7-11-8(4-1)10-6-3-5-9-10;1-2/h3,5-6,8H,1-2,4,7H2;1-2H3. The van der Waals surface area contributed by atoms with Crippen LogP contribution in [0.1, 0.15) is 39.3 Å². The Hall–Kier alpha value is -0.830. The molecule has 1 unspecified atom stereocenters. The average molecular weight is 182 g/mol. The molecule has 0 aliphatic carbocycles. The van der Waals surface area contributed by atoms with Crippen LogP contribution in [0.5, 0.6) is 0 Å². The molecular weight excluding hydrogens is 164 g/mol. The lowest BCUT2D eigenvalue weighted by Crippen LogP contribution is -2.18. The topological polar surface area (TPSA) is 27.1 Å². The van der Waals surface area contributed by atoms with E-state index in [0.29, 0.717) is 0 Å². The van der Waals surface area contributed by atoms with E-state index in [4.69, 9.17) is 4.74 Å². The van der Waals surface area contributed by atoms with Gasteiger partial charge in [0.05, 0.1) is 0 Å². The zero-order valence-corrected chi connectivity index (χ0v) is 8.44. The zero-order chi connectivity index (χ0) is 9.52. The molecule has 1 aromatic heterocycles. The second-order valence-corrected chi connectivity index (χ2v) is 2.81. The van der Waals surface area contributed by atoms with Gasteiger partial charge in [-0.2, -0.15) is 5.10 Å². The van der Waals surface area contributed by atoms with Crippen LogP contribution in [-0.4, -0.2) is 16.4 Å². The van der Waals surface area contributed by atoms with Gasteiger partial charge >= 0.3 is 0 Å². The maximum atomic E-state index is 5.52. The molecule has 0 saturated carbocycles. The van der Waals surface area contributed by atoms with Crippen LogP contribution in [0.2, 0.25) is 0 Å². The summed E-state index contributed by atoms with van der Waals surface area (Å²) < 4.78 is 7.41. The number of nitrogens with zero attached hydrogens (tertiary/aromatic N) is 2. The molecule has 0 amide bonds. The highest BCUT2D eigenvalue weighted by molar-refractivity contribution is 4.79. The summed E-state index contributed by atoms with van der Waals surface area (Å²) in [6, 6.07) is 1.93. The SMILES string of the molecule is CC.c1cnn(C2CCCCO2)c1. The predicted molar refractivity (Wildman–Crippen MR) is 52.4 cm³/mol. The maximum absolute atomic E-state index is 5.52. The van der Waals surface area contributed by atoms with Crippen LogP contribution < -0.4 is 0 Å². The smallest absolute Gasteiger partial charge is 0.150 e. The van der Waals surface area contributed by atoms with E-state index >= 15 is 0 Å². The Balaban J connectivity index is 0.000000396. The van der Waals surface area contributed by atoms with Gasteiger partial charge in [-0.3, -0.25) is 0 Å². The molecule has 0 spiro atoms. The Morgan fingerprint density at radius 1 is 1.38 bits per heavy atom. The van der Waals surface area contributed by atoms with E-state index in [0.717, 1.165) is 13.0 Å². The van der Waals surface area contributed by atoms with E-state index in [-0.39, 0.29) is 6.23 Å². The lowest BCUT2D eigenvalue weighted by atomic mass is 10.2. The molecule has 1 fully saturated rings. The second kappa shape index (κ2) is 5.75. The third-order valence-electron chi connectivity index (χ3n) is 1.98. The third-order valence-corrected chi connectivity index (χ3v) is 1.98. The first kappa shape index (κ1) is 10.3. The van der Waals surface area contributed by atoms with Crippen LogP contribution in [0.15, 0.2) is 18.5 Å². The highest BCUT2D eigenvalue weighted by atomic mass is 16.5. The Kier molecular flexibility index (Phi) is 4.54. The number of rotatable bonds is 1. The molecule has 3 nitrogen and oxygen atoms in total. The van der Waals surface area contributed by atoms with Crippen LogP contribution in [0, 0.1) is 0 Å². The number of hydrogen-bond acceptors (Lipinski definition) is 2. The summed E-state index contributed by atoms with van der Waals surface area (Å²) in [5.74, 6) is 0. The highest BCUT2D eigenvalue weighted by Gasteiger charge is 2.14. The molecule has 3 heteroatoms. The Bertz CT molecular complexity index is 203. The molecule has 74 valence electrons. The van der Waals surface area contributed by atoms with Gasteiger partial charge in [0.1, 0.15) is 6.23 Å². The van der Waals surface area contributed by atoms with Crippen molar-refractivity contribution in [2.24, 2.45) is 0 Å². The van der Waals surface area contributed by atoms with Crippen molar-refractivity contribution in [3.63, 3.8) is 0 Å². The Labute approximate surface area is 79.7 Å². The van der Waals surface area contributed by atoms with Crippen molar-refractivity contribution < 1.29 is 4.74 Å². The Morgan fingerprint density at radius 2 is 2.23 bits per heavy atom. The molecule has 2 rings (SSSR count). The summed E-state index contributed by atoms with van der Waals surface area (Å²) in [6.07, 6.45) is 7.48. The van der Waals surface area contributed by atoms with Crippen LogP contribution >= 0.6 is 0 Å². The number of hydrogen-bond donors (Lipinski definition) is 0. The zero-order valence-electron chi connectivity index (χ0n) is 8.44. The van der Waals surface area contributed by atoms with Gasteiger partial charge in [-0.25, -0.2) is 4.68 Å². The molecule has 1 atom stereocenters. The van der Waals surface area contributed by atoms with E-state index in [2.05, 4.69) is 5.10 Å². The van der Waals surface area contributed by atoms with E-state index in [1.807, 2.05) is 30.8 Å². The molecule has 13 heavy (non-hydrogen) atoms. The van der Waals surface area contributed by atoms with E-state index in [1.165, 1.54) is 12.8 Å². The molecular formula is C10H18N2O. The first-order valence-corrected chi connectivity index (χ1v) is 5.07. The molecule has 1 saturated heterocycles. The van der Waals surface area contributed by atoms with Gasteiger partial charge in [-0.05, 0) is 25.3 Å². The minimum Gasteiger partial charge on any atom is -0.357 e. The molecule has 1 aliphatic heterocycles. The van der Waals surface area contributed by atoms with Crippen molar-refractivity contribution >= 4 is 0 Å². The first-order valence-electron chi connectivity index (χ1n) is 5.07. The summed E-state index contributed by atoms with van der Waals surface area (Å²) in [6.45, 7) is 4.88. The highest BCUT2D eigenvalue weighted by Crippen LogP contribution is 2.20. The van der Waals surface area contributed by atoms with Gasteiger partial charge < -0.3 is 4.74 Å². The van der Waals surface area contributed by atoms with Gasteiger partial charge in [0.15, 0.2) is 0 Å². The van der Waals surface area contributed by atoms with Crippen LogP contribution in [0.3, 0.4) is 0 Å². The maximum Gasteiger partial charge on any atom is 0.150 e. The van der Waals surface area contributed by atoms with Gasteiger partial charge in [0.2, 0.25) is 0 Å². The van der Waals surface area contributed by atoms with Crippen LogP contribution in [-0.2, 0) is 4.74 Å². The Morgan fingerprint density at radius 3 is 2.77 bits per heavy atom. The molecule has 1 aromatic rings. The molecule has 0 radical (unpaired) electrons.